The van der Waals surface area contributed by atoms with Crippen molar-refractivity contribution in [1.82, 2.24) is 9.97 Å². The molecule has 1 aromatic rings. The second kappa shape index (κ2) is 5.58. The first-order valence-corrected chi connectivity index (χ1v) is 6.54. The van der Waals surface area contributed by atoms with Crippen molar-refractivity contribution in [1.29, 1.82) is 0 Å². The van der Waals surface area contributed by atoms with Crippen molar-refractivity contribution in [3.05, 3.63) is 18.0 Å². The molecule has 1 fully saturated rings. The molecule has 0 radical (unpaired) electrons. The molecular formula is C12H18N4OS. The van der Waals surface area contributed by atoms with E-state index in [9.17, 15) is 5.11 Å². The predicted molar refractivity (Wildman–Crippen MR) is 74.6 cm³/mol. The van der Waals surface area contributed by atoms with Crippen LogP contribution in [-0.4, -0.2) is 39.3 Å². The fraction of sp³-hybridized carbons (Fsp3) is 0.583. The van der Waals surface area contributed by atoms with Crippen LogP contribution >= 0.6 is 12.2 Å². The molecule has 2 unspecified atom stereocenters. The van der Waals surface area contributed by atoms with Crippen LogP contribution in [0.3, 0.4) is 0 Å². The quantitative estimate of drug-likeness (QED) is 0.790. The van der Waals surface area contributed by atoms with E-state index in [4.69, 9.17) is 18.0 Å². The summed E-state index contributed by atoms with van der Waals surface area (Å²) < 4.78 is 0. The smallest absolute Gasteiger partial charge is 0.226 e. The van der Waals surface area contributed by atoms with Crippen molar-refractivity contribution in [3.8, 4) is 0 Å². The van der Waals surface area contributed by atoms with Gasteiger partial charge < -0.3 is 15.7 Å². The SMILES string of the molecule is CN(c1nccc(C(N)=S)n1)C1CCCCC1O. The molecule has 0 spiro atoms. The molecule has 18 heavy (non-hydrogen) atoms. The average molecular weight is 266 g/mol. The third-order valence-corrected chi connectivity index (χ3v) is 3.61. The number of aromatic nitrogens is 2. The standard InChI is InChI=1S/C12H18N4OS/c1-16(9-4-2-3-5-10(9)17)12-14-7-6-8(15-12)11(13)18/h6-7,9-10,17H,2-5H2,1H3,(H2,13,18). The maximum atomic E-state index is 10.0. The van der Waals surface area contributed by atoms with Crippen LogP contribution in [-0.2, 0) is 0 Å². The molecule has 0 saturated heterocycles. The highest BCUT2D eigenvalue weighted by Gasteiger charge is 2.28. The van der Waals surface area contributed by atoms with Crippen LogP contribution in [0, 0.1) is 0 Å². The zero-order valence-electron chi connectivity index (χ0n) is 10.4. The predicted octanol–water partition coefficient (Wildman–Crippen LogP) is 0.851. The molecule has 1 heterocycles. The summed E-state index contributed by atoms with van der Waals surface area (Å²) in [5.74, 6) is 0.561. The molecule has 1 saturated carbocycles. The lowest BCUT2D eigenvalue weighted by Gasteiger charge is -2.35. The van der Waals surface area contributed by atoms with Crippen molar-refractivity contribution in [2.75, 3.05) is 11.9 Å². The van der Waals surface area contributed by atoms with Crippen molar-refractivity contribution < 1.29 is 5.11 Å². The van der Waals surface area contributed by atoms with Gasteiger partial charge in [-0.1, -0.05) is 25.1 Å². The van der Waals surface area contributed by atoms with Gasteiger partial charge in [0.15, 0.2) is 0 Å². The first kappa shape index (κ1) is 13.2. The number of hydrogen-bond acceptors (Lipinski definition) is 5. The van der Waals surface area contributed by atoms with E-state index in [2.05, 4.69) is 9.97 Å². The normalized spacial score (nSPS) is 23.7. The number of thiocarbonyl (C=S) groups is 1. The van der Waals surface area contributed by atoms with E-state index >= 15 is 0 Å². The molecule has 5 nitrogen and oxygen atoms in total. The number of aliphatic hydroxyl groups is 1. The molecule has 0 aromatic carbocycles. The van der Waals surface area contributed by atoms with Crippen LogP contribution in [0.1, 0.15) is 31.4 Å². The number of likely N-dealkylation sites (N-methyl/N-ethyl adjacent to an activating group) is 1. The molecule has 0 bridgehead atoms. The lowest BCUT2D eigenvalue weighted by Crippen LogP contribution is -2.44. The number of nitrogens with zero attached hydrogens (tertiary/aromatic N) is 3. The maximum absolute atomic E-state index is 10.0. The zero-order chi connectivity index (χ0) is 13.1. The molecule has 2 rings (SSSR count). The van der Waals surface area contributed by atoms with Gasteiger partial charge in [0.05, 0.1) is 12.1 Å². The Hall–Kier alpha value is -1.27. The van der Waals surface area contributed by atoms with Gasteiger partial charge in [-0.15, -0.1) is 0 Å². The lowest BCUT2D eigenvalue weighted by molar-refractivity contribution is 0.105. The van der Waals surface area contributed by atoms with Gasteiger partial charge in [-0.2, -0.15) is 0 Å². The summed E-state index contributed by atoms with van der Waals surface area (Å²) in [4.78, 5) is 10.7. The van der Waals surface area contributed by atoms with E-state index in [1.807, 2.05) is 11.9 Å². The Bertz CT molecular complexity index is 440. The summed E-state index contributed by atoms with van der Waals surface area (Å²) >= 11 is 4.91. The van der Waals surface area contributed by atoms with E-state index in [1.54, 1.807) is 12.3 Å². The van der Waals surface area contributed by atoms with E-state index in [-0.39, 0.29) is 17.1 Å². The average Bonchev–Trinajstić information content (AvgIpc) is 2.38. The van der Waals surface area contributed by atoms with Gasteiger partial charge in [-0.3, -0.25) is 0 Å². The molecule has 0 amide bonds. The van der Waals surface area contributed by atoms with Crippen LogP contribution in [0.4, 0.5) is 5.95 Å². The van der Waals surface area contributed by atoms with Crippen molar-refractivity contribution in [2.45, 2.75) is 37.8 Å². The van der Waals surface area contributed by atoms with Gasteiger partial charge in [-0.25, -0.2) is 9.97 Å². The Labute approximate surface area is 112 Å². The van der Waals surface area contributed by atoms with E-state index in [1.165, 1.54) is 0 Å². The Morgan fingerprint density at radius 2 is 2.22 bits per heavy atom. The largest absolute Gasteiger partial charge is 0.391 e. The lowest BCUT2D eigenvalue weighted by atomic mass is 9.92. The summed E-state index contributed by atoms with van der Waals surface area (Å²) in [6, 6.07) is 1.76. The molecule has 1 aliphatic rings. The monoisotopic (exact) mass is 266 g/mol. The van der Waals surface area contributed by atoms with Crippen molar-refractivity contribution >= 4 is 23.2 Å². The number of rotatable bonds is 3. The highest BCUT2D eigenvalue weighted by atomic mass is 32.1. The summed E-state index contributed by atoms with van der Waals surface area (Å²) in [5.41, 5.74) is 6.12. The van der Waals surface area contributed by atoms with Gasteiger partial charge in [0.1, 0.15) is 10.7 Å². The second-order valence-corrected chi connectivity index (χ2v) is 5.08. The Morgan fingerprint density at radius 1 is 1.50 bits per heavy atom. The van der Waals surface area contributed by atoms with Gasteiger partial charge in [-0.05, 0) is 18.9 Å². The third-order valence-electron chi connectivity index (χ3n) is 3.40. The Morgan fingerprint density at radius 3 is 2.89 bits per heavy atom. The summed E-state index contributed by atoms with van der Waals surface area (Å²) in [6.45, 7) is 0. The van der Waals surface area contributed by atoms with Crippen LogP contribution in [0.15, 0.2) is 12.3 Å². The number of hydrogen-bond donors (Lipinski definition) is 2. The van der Waals surface area contributed by atoms with Gasteiger partial charge in [0.25, 0.3) is 0 Å². The molecule has 3 N–H and O–H groups in total. The number of anilines is 1. The van der Waals surface area contributed by atoms with Gasteiger partial charge in [0.2, 0.25) is 5.95 Å². The third kappa shape index (κ3) is 2.76. The summed E-state index contributed by atoms with van der Waals surface area (Å²) in [6.07, 6.45) is 5.33. The van der Waals surface area contributed by atoms with Crippen LogP contribution in [0.2, 0.25) is 0 Å². The van der Waals surface area contributed by atoms with Gasteiger partial charge >= 0.3 is 0 Å². The molecule has 6 heteroatoms. The van der Waals surface area contributed by atoms with E-state index in [0.29, 0.717) is 11.6 Å². The number of aliphatic hydroxyl groups excluding tert-OH is 1. The van der Waals surface area contributed by atoms with Crippen molar-refractivity contribution in [3.63, 3.8) is 0 Å². The molecule has 1 aromatic heterocycles. The first-order valence-electron chi connectivity index (χ1n) is 6.13. The molecule has 98 valence electrons. The van der Waals surface area contributed by atoms with Gasteiger partial charge in [0, 0.05) is 13.2 Å². The minimum atomic E-state index is -0.319. The highest BCUT2D eigenvalue weighted by Crippen LogP contribution is 2.24. The van der Waals surface area contributed by atoms with Crippen LogP contribution in [0.5, 0.6) is 0 Å². The number of nitrogens with two attached hydrogens (primary N) is 1. The molecule has 2 atom stereocenters. The molecular weight excluding hydrogens is 248 g/mol. The first-order chi connectivity index (χ1) is 8.59. The van der Waals surface area contributed by atoms with Crippen molar-refractivity contribution in [2.24, 2.45) is 5.73 Å². The Balaban J connectivity index is 2.19. The second-order valence-electron chi connectivity index (χ2n) is 4.64. The zero-order valence-corrected chi connectivity index (χ0v) is 11.2. The van der Waals surface area contributed by atoms with E-state index < -0.39 is 0 Å². The summed E-state index contributed by atoms with van der Waals surface area (Å²) in [7, 11) is 1.90. The highest BCUT2D eigenvalue weighted by molar-refractivity contribution is 7.80. The van der Waals surface area contributed by atoms with Crippen LogP contribution < -0.4 is 10.6 Å². The topological polar surface area (TPSA) is 75.3 Å². The van der Waals surface area contributed by atoms with Crippen LogP contribution in [0.25, 0.3) is 0 Å². The molecule has 1 aliphatic carbocycles. The fourth-order valence-corrected chi connectivity index (χ4v) is 2.46. The minimum Gasteiger partial charge on any atom is -0.391 e. The summed E-state index contributed by atoms with van der Waals surface area (Å²) in [5, 5.41) is 10.0. The minimum absolute atomic E-state index is 0.0698. The maximum Gasteiger partial charge on any atom is 0.226 e. The van der Waals surface area contributed by atoms with E-state index in [0.717, 1.165) is 25.7 Å². The molecule has 0 aliphatic heterocycles. The fourth-order valence-electron chi connectivity index (χ4n) is 2.35. The Kier molecular flexibility index (Phi) is 4.08.